The lowest BCUT2D eigenvalue weighted by atomic mass is 9.62. The maximum Gasteiger partial charge on any atom is 0.265 e. The molecule has 1 N–H and O–H groups in total. The summed E-state index contributed by atoms with van der Waals surface area (Å²) in [5.74, 6) is 0.739. The van der Waals surface area contributed by atoms with E-state index in [4.69, 9.17) is 4.74 Å². The molecule has 28 heavy (non-hydrogen) atoms. The molecule has 3 nitrogen and oxygen atoms in total. The Balaban J connectivity index is 1.66. The van der Waals surface area contributed by atoms with Crippen LogP contribution >= 0.6 is 0 Å². The van der Waals surface area contributed by atoms with Gasteiger partial charge in [-0.05, 0) is 70.6 Å². The van der Waals surface area contributed by atoms with Crippen LogP contribution in [0.4, 0.5) is 0 Å². The summed E-state index contributed by atoms with van der Waals surface area (Å²) < 4.78 is 5.92. The van der Waals surface area contributed by atoms with Crippen LogP contribution < -0.4 is 5.32 Å². The van der Waals surface area contributed by atoms with E-state index in [2.05, 4.69) is 57.3 Å². The van der Waals surface area contributed by atoms with E-state index in [1.54, 1.807) is 0 Å². The average Bonchev–Trinajstić information content (AvgIpc) is 3.15. The lowest BCUT2D eigenvalue weighted by molar-refractivity contribution is -0.127. The van der Waals surface area contributed by atoms with E-state index in [-0.39, 0.29) is 16.7 Å². The van der Waals surface area contributed by atoms with Gasteiger partial charge in [0.05, 0.1) is 0 Å². The molecule has 1 unspecified atom stereocenters. The highest BCUT2D eigenvalue weighted by Gasteiger charge is 2.37. The second-order valence-electron chi connectivity index (χ2n) is 9.56. The number of amides is 1. The van der Waals surface area contributed by atoms with Crippen LogP contribution in [0.3, 0.4) is 0 Å². The first kappa shape index (κ1) is 19.0. The van der Waals surface area contributed by atoms with Gasteiger partial charge in [-0.25, -0.2) is 0 Å². The van der Waals surface area contributed by atoms with Crippen LogP contribution in [0.25, 0.3) is 6.08 Å². The first-order valence-corrected chi connectivity index (χ1v) is 10.4. The van der Waals surface area contributed by atoms with Gasteiger partial charge >= 0.3 is 0 Å². The summed E-state index contributed by atoms with van der Waals surface area (Å²) in [6, 6.07) is 4.84. The molecule has 1 aromatic rings. The molecule has 2 aliphatic carbocycles. The van der Waals surface area contributed by atoms with Crippen molar-refractivity contribution in [2.24, 2.45) is 0 Å². The van der Waals surface area contributed by atoms with Crippen molar-refractivity contribution in [3.63, 3.8) is 0 Å². The van der Waals surface area contributed by atoms with E-state index >= 15 is 0 Å². The molecule has 0 aromatic heterocycles. The highest BCUT2D eigenvalue weighted by Crippen LogP contribution is 2.47. The Morgan fingerprint density at radius 1 is 1.07 bits per heavy atom. The molecule has 1 aromatic carbocycles. The topological polar surface area (TPSA) is 38.3 Å². The van der Waals surface area contributed by atoms with Gasteiger partial charge < -0.3 is 10.1 Å². The van der Waals surface area contributed by atoms with Gasteiger partial charge in [-0.3, -0.25) is 4.79 Å². The van der Waals surface area contributed by atoms with E-state index in [0.29, 0.717) is 6.54 Å². The quantitative estimate of drug-likeness (QED) is 0.792. The Kier molecular flexibility index (Phi) is 4.52. The molecule has 0 spiro atoms. The van der Waals surface area contributed by atoms with Crippen LogP contribution in [0, 0.1) is 0 Å². The molecule has 1 amide bonds. The van der Waals surface area contributed by atoms with E-state index in [1.807, 2.05) is 19.1 Å². The minimum atomic E-state index is -0.513. The summed E-state index contributed by atoms with van der Waals surface area (Å²) in [4.78, 5) is 12.0. The molecular weight excluding hydrogens is 346 g/mol. The zero-order chi connectivity index (χ0) is 20.1. The van der Waals surface area contributed by atoms with Crippen LogP contribution in [-0.2, 0) is 26.8 Å². The van der Waals surface area contributed by atoms with Gasteiger partial charge in [0.2, 0.25) is 0 Å². The lowest BCUT2D eigenvalue weighted by Gasteiger charge is -2.42. The van der Waals surface area contributed by atoms with Crippen molar-refractivity contribution >= 4 is 12.0 Å². The lowest BCUT2D eigenvalue weighted by Crippen LogP contribution is -2.34. The summed E-state index contributed by atoms with van der Waals surface area (Å²) >= 11 is 0. The number of ether oxygens (including phenoxy) is 1. The largest absolute Gasteiger partial charge is 0.476 e. The van der Waals surface area contributed by atoms with Gasteiger partial charge in [0.15, 0.2) is 6.10 Å². The monoisotopic (exact) mass is 377 g/mol. The molecule has 0 bridgehead atoms. The predicted molar refractivity (Wildman–Crippen MR) is 114 cm³/mol. The van der Waals surface area contributed by atoms with Gasteiger partial charge in [-0.2, -0.15) is 0 Å². The number of fused-ring (bicyclic) bond motifs is 2. The van der Waals surface area contributed by atoms with Crippen LogP contribution in [-0.4, -0.2) is 18.6 Å². The highest BCUT2D eigenvalue weighted by molar-refractivity contribution is 5.83. The Morgan fingerprint density at radius 2 is 1.75 bits per heavy atom. The molecule has 3 heteroatoms. The summed E-state index contributed by atoms with van der Waals surface area (Å²) in [6.07, 6.45) is 10.9. The third-order valence-corrected chi connectivity index (χ3v) is 6.56. The fraction of sp³-hybridized carbons (Fsp3) is 0.480. The van der Waals surface area contributed by atoms with E-state index in [1.165, 1.54) is 35.1 Å². The maximum atomic E-state index is 12.0. The minimum Gasteiger partial charge on any atom is -0.476 e. The Morgan fingerprint density at radius 3 is 2.43 bits per heavy atom. The zero-order valence-corrected chi connectivity index (χ0v) is 17.7. The molecule has 0 radical (unpaired) electrons. The number of allylic oxidation sites excluding steroid dienone is 3. The van der Waals surface area contributed by atoms with Gasteiger partial charge in [0.1, 0.15) is 5.76 Å². The average molecular weight is 378 g/mol. The summed E-state index contributed by atoms with van der Waals surface area (Å²) in [7, 11) is 0. The predicted octanol–water partition coefficient (Wildman–Crippen LogP) is 4.95. The van der Waals surface area contributed by atoms with E-state index in [0.717, 1.165) is 17.8 Å². The molecule has 148 valence electrons. The molecule has 3 aliphatic rings. The molecule has 1 atom stereocenters. The van der Waals surface area contributed by atoms with Crippen LogP contribution in [0.15, 0.2) is 41.7 Å². The molecule has 0 saturated heterocycles. The standard InChI is InChI=1S/C25H31NO2/c1-6-26-23(27)22-10-9-21(28-22)17-8-7-16-14-19-20(15-18(16)13-17)25(4,5)12-11-24(19,2)3/h7-10,14-15,22H,6,11-13H2,1-5H3,(H,26,27). The van der Waals surface area contributed by atoms with Gasteiger partial charge in [0, 0.05) is 13.0 Å². The minimum absolute atomic E-state index is 0.0763. The molecule has 0 fully saturated rings. The molecule has 4 rings (SSSR count). The summed E-state index contributed by atoms with van der Waals surface area (Å²) in [5.41, 5.74) is 7.24. The van der Waals surface area contributed by atoms with Crippen molar-refractivity contribution in [2.75, 3.05) is 6.54 Å². The first-order valence-electron chi connectivity index (χ1n) is 10.4. The number of rotatable bonds is 2. The van der Waals surface area contributed by atoms with Crippen LogP contribution in [0.2, 0.25) is 0 Å². The first-order chi connectivity index (χ1) is 13.2. The van der Waals surface area contributed by atoms with Gasteiger partial charge in [-0.1, -0.05) is 52.0 Å². The maximum absolute atomic E-state index is 12.0. The van der Waals surface area contributed by atoms with Crippen molar-refractivity contribution in [1.29, 1.82) is 0 Å². The van der Waals surface area contributed by atoms with Crippen molar-refractivity contribution in [1.82, 2.24) is 5.32 Å². The fourth-order valence-corrected chi connectivity index (χ4v) is 4.60. The molecular formula is C25H31NO2. The molecule has 1 heterocycles. The van der Waals surface area contributed by atoms with Crippen molar-refractivity contribution in [2.45, 2.75) is 70.8 Å². The van der Waals surface area contributed by atoms with Crippen molar-refractivity contribution in [3.05, 3.63) is 63.9 Å². The number of hydrogen-bond acceptors (Lipinski definition) is 2. The second kappa shape index (κ2) is 6.65. The third kappa shape index (κ3) is 3.21. The number of likely N-dealkylation sites (N-methyl/N-ethyl adjacent to an activating group) is 1. The fourth-order valence-electron chi connectivity index (χ4n) is 4.60. The number of nitrogens with one attached hydrogen (secondary N) is 1. The summed E-state index contributed by atoms with van der Waals surface area (Å²) in [6.45, 7) is 12.0. The highest BCUT2D eigenvalue weighted by atomic mass is 16.5. The Bertz CT molecular complexity index is 915. The SMILES string of the molecule is CCNC(=O)C1C=CC(=C2C=Cc3cc4c(cc3C2)C(C)(C)CCC4(C)C)O1. The van der Waals surface area contributed by atoms with E-state index < -0.39 is 6.10 Å². The molecule has 1 aliphatic heterocycles. The van der Waals surface area contributed by atoms with Gasteiger partial charge in [-0.15, -0.1) is 0 Å². The van der Waals surface area contributed by atoms with E-state index in [9.17, 15) is 4.79 Å². The third-order valence-electron chi connectivity index (χ3n) is 6.56. The van der Waals surface area contributed by atoms with Crippen molar-refractivity contribution < 1.29 is 9.53 Å². The van der Waals surface area contributed by atoms with Crippen LogP contribution in [0.5, 0.6) is 0 Å². The smallest absolute Gasteiger partial charge is 0.265 e. The summed E-state index contributed by atoms with van der Waals surface area (Å²) in [5, 5.41) is 2.82. The number of carbonyl (C=O) groups excluding carboxylic acids is 1. The number of benzene rings is 1. The normalized spacial score (nSPS) is 26.4. The van der Waals surface area contributed by atoms with Crippen LogP contribution in [0.1, 0.15) is 69.7 Å². The van der Waals surface area contributed by atoms with Crippen molar-refractivity contribution in [3.8, 4) is 0 Å². The van der Waals surface area contributed by atoms with Gasteiger partial charge in [0.25, 0.3) is 5.91 Å². The Labute approximate surface area is 168 Å². The second-order valence-corrected chi connectivity index (χ2v) is 9.56. The Hall–Kier alpha value is -2.29. The molecule has 0 saturated carbocycles. The zero-order valence-electron chi connectivity index (χ0n) is 17.7. The number of carbonyl (C=O) groups is 1. The number of hydrogen-bond donors (Lipinski definition) is 1.